The van der Waals surface area contributed by atoms with E-state index in [4.69, 9.17) is 14.0 Å². The van der Waals surface area contributed by atoms with Crippen LogP contribution in [0.2, 0.25) is 0 Å². The fourth-order valence-electron chi connectivity index (χ4n) is 1.85. The number of carbonyl (C=O) groups is 1. The zero-order valence-corrected chi connectivity index (χ0v) is 12.2. The Kier molecular flexibility index (Phi) is 3.86. The highest BCUT2D eigenvalue weighted by molar-refractivity contribution is 5.92. The molecule has 2 heterocycles. The Morgan fingerprint density at radius 2 is 1.95 bits per heavy atom. The number of nitrogens with zero attached hydrogens (tertiary/aromatic N) is 4. The summed E-state index contributed by atoms with van der Waals surface area (Å²) in [7, 11) is 2.87. The van der Waals surface area contributed by atoms with Crippen LogP contribution in [0.5, 0.6) is 12.0 Å². The van der Waals surface area contributed by atoms with Crippen molar-refractivity contribution >= 4 is 5.91 Å². The second kappa shape index (κ2) is 5.96. The molecular weight excluding hydrogens is 290 g/mol. The van der Waals surface area contributed by atoms with Crippen LogP contribution < -0.4 is 14.8 Å². The maximum atomic E-state index is 12.0. The van der Waals surface area contributed by atoms with Crippen molar-refractivity contribution in [2.24, 2.45) is 0 Å². The number of nitrogens with one attached hydrogen (secondary N) is 1. The number of hydrogen-bond acceptors (Lipinski definition) is 8. The Morgan fingerprint density at radius 3 is 2.55 bits per heavy atom. The number of hydrogen-bond donors (Lipinski definition) is 1. The van der Waals surface area contributed by atoms with E-state index in [1.54, 1.807) is 6.07 Å². The maximum absolute atomic E-state index is 12.0. The van der Waals surface area contributed by atoms with Crippen LogP contribution in [0.1, 0.15) is 40.8 Å². The molecule has 2 aromatic rings. The summed E-state index contributed by atoms with van der Waals surface area (Å²) in [4.78, 5) is 23.9. The number of ether oxygens (including phenoxy) is 2. The predicted octanol–water partition coefficient (Wildman–Crippen LogP) is 0.684. The lowest BCUT2D eigenvalue weighted by atomic mass is 10.3. The molecule has 0 aromatic carbocycles. The molecule has 22 heavy (non-hydrogen) atoms. The minimum atomic E-state index is -0.353. The summed E-state index contributed by atoms with van der Waals surface area (Å²) in [6.07, 6.45) is 2.17. The number of methoxy groups -OCH3 is 2. The summed E-state index contributed by atoms with van der Waals surface area (Å²) in [6.45, 7) is 0.0969. The van der Waals surface area contributed by atoms with Crippen molar-refractivity contribution in [3.63, 3.8) is 0 Å². The minimum Gasteiger partial charge on any atom is -0.467 e. The van der Waals surface area contributed by atoms with Crippen LogP contribution in [-0.4, -0.2) is 40.2 Å². The monoisotopic (exact) mass is 305 g/mol. The Morgan fingerprint density at radius 1 is 1.27 bits per heavy atom. The highest BCUT2D eigenvalue weighted by Gasteiger charge is 2.28. The lowest BCUT2D eigenvalue weighted by Gasteiger charge is -2.05. The van der Waals surface area contributed by atoms with E-state index in [2.05, 4.69) is 25.4 Å². The molecular formula is C13H15N5O4. The molecule has 0 aliphatic heterocycles. The second-order valence-electron chi connectivity index (χ2n) is 4.80. The molecule has 1 N–H and O–H groups in total. The standard InChI is InChI=1S/C13H15N5O4/c1-20-12-15-10(16-13(17-12)21-2)6-14-11(19)8-5-9(22-18-8)7-3-4-7/h5,7H,3-4,6H2,1-2H3,(H,14,19). The number of carbonyl (C=O) groups excluding carboxylic acids is 1. The fourth-order valence-corrected chi connectivity index (χ4v) is 1.85. The van der Waals surface area contributed by atoms with Crippen molar-refractivity contribution in [2.45, 2.75) is 25.3 Å². The van der Waals surface area contributed by atoms with E-state index in [0.717, 1.165) is 18.6 Å². The highest BCUT2D eigenvalue weighted by Crippen LogP contribution is 2.40. The molecule has 0 spiro atoms. The molecule has 0 bridgehead atoms. The Balaban J connectivity index is 1.64. The maximum Gasteiger partial charge on any atom is 0.322 e. The van der Waals surface area contributed by atoms with E-state index in [0.29, 0.717) is 11.7 Å². The minimum absolute atomic E-state index is 0.0969. The Bertz CT molecular complexity index is 661. The molecule has 2 aromatic heterocycles. The highest BCUT2D eigenvalue weighted by atomic mass is 16.5. The van der Waals surface area contributed by atoms with Crippen molar-refractivity contribution < 1.29 is 18.8 Å². The summed E-state index contributed by atoms with van der Waals surface area (Å²) in [5.41, 5.74) is 0.245. The van der Waals surface area contributed by atoms with Gasteiger partial charge in [0.1, 0.15) is 5.76 Å². The van der Waals surface area contributed by atoms with Gasteiger partial charge in [-0.2, -0.15) is 9.97 Å². The first kappa shape index (κ1) is 14.2. The lowest BCUT2D eigenvalue weighted by molar-refractivity contribution is 0.0940. The van der Waals surface area contributed by atoms with Crippen molar-refractivity contribution in [1.29, 1.82) is 0 Å². The molecule has 9 heteroatoms. The Labute approximate surface area is 126 Å². The topological polar surface area (TPSA) is 112 Å². The molecule has 1 amide bonds. The summed E-state index contributed by atoms with van der Waals surface area (Å²) in [5.74, 6) is 1.14. The molecule has 0 radical (unpaired) electrons. The van der Waals surface area contributed by atoms with E-state index >= 15 is 0 Å². The van der Waals surface area contributed by atoms with Gasteiger partial charge in [-0.25, -0.2) is 0 Å². The van der Waals surface area contributed by atoms with Gasteiger partial charge in [-0.3, -0.25) is 4.79 Å². The van der Waals surface area contributed by atoms with E-state index < -0.39 is 0 Å². The molecule has 0 atom stereocenters. The van der Waals surface area contributed by atoms with Gasteiger partial charge in [0, 0.05) is 12.0 Å². The van der Waals surface area contributed by atoms with Gasteiger partial charge in [-0.15, -0.1) is 4.98 Å². The van der Waals surface area contributed by atoms with Crippen LogP contribution in [0.15, 0.2) is 10.6 Å². The van der Waals surface area contributed by atoms with Crippen LogP contribution in [0.25, 0.3) is 0 Å². The van der Waals surface area contributed by atoms with Gasteiger partial charge in [0.25, 0.3) is 5.91 Å². The first-order valence-electron chi connectivity index (χ1n) is 6.77. The van der Waals surface area contributed by atoms with Crippen molar-refractivity contribution in [2.75, 3.05) is 14.2 Å². The molecule has 3 rings (SSSR count). The van der Waals surface area contributed by atoms with Gasteiger partial charge < -0.3 is 19.3 Å². The van der Waals surface area contributed by atoms with Gasteiger partial charge in [0.05, 0.1) is 20.8 Å². The van der Waals surface area contributed by atoms with Gasteiger partial charge in [0.15, 0.2) is 11.5 Å². The van der Waals surface area contributed by atoms with Crippen LogP contribution in [0, 0.1) is 0 Å². The first-order valence-corrected chi connectivity index (χ1v) is 6.77. The van der Waals surface area contributed by atoms with Gasteiger partial charge in [-0.05, 0) is 12.8 Å². The van der Waals surface area contributed by atoms with Crippen LogP contribution >= 0.6 is 0 Å². The molecule has 1 saturated carbocycles. The van der Waals surface area contributed by atoms with Crippen molar-refractivity contribution in [3.05, 3.63) is 23.3 Å². The fraction of sp³-hybridized carbons (Fsp3) is 0.462. The molecule has 1 aliphatic carbocycles. The average molecular weight is 305 g/mol. The van der Waals surface area contributed by atoms with Crippen LogP contribution in [0.4, 0.5) is 0 Å². The molecule has 0 saturated heterocycles. The van der Waals surface area contributed by atoms with E-state index in [-0.39, 0.29) is 30.2 Å². The van der Waals surface area contributed by atoms with Gasteiger partial charge in [-0.1, -0.05) is 5.16 Å². The van der Waals surface area contributed by atoms with E-state index in [1.165, 1.54) is 14.2 Å². The zero-order chi connectivity index (χ0) is 15.5. The van der Waals surface area contributed by atoms with Gasteiger partial charge in [0.2, 0.25) is 0 Å². The molecule has 116 valence electrons. The SMILES string of the molecule is COc1nc(CNC(=O)c2cc(C3CC3)on2)nc(OC)n1. The summed E-state index contributed by atoms with van der Waals surface area (Å²) < 4.78 is 15.0. The summed E-state index contributed by atoms with van der Waals surface area (Å²) in [6, 6.07) is 1.91. The third kappa shape index (κ3) is 3.13. The third-order valence-corrected chi connectivity index (χ3v) is 3.15. The number of amides is 1. The van der Waals surface area contributed by atoms with E-state index in [9.17, 15) is 4.79 Å². The van der Waals surface area contributed by atoms with Crippen molar-refractivity contribution in [1.82, 2.24) is 25.4 Å². The molecule has 9 nitrogen and oxygen atoms in total. The normalized spacial score (nSPS) is 13.7. The smallest absolute Gasteiger partial charge is 0.322 e. The second-order valence-corrected chi connectivity index (χ2v) is 4.80. The van der Waals surface area contributed by atoms with Crippen LogP contribution in [-0.2, 0) is 6.54 Å². The van der Waals surface area contributed by atoms with Crippen molar-refractivity contribution in [3.8, 4) is 12.0 Å². The van der Waals surface area contributed by atoms with E-state index in [1.807, 2.05) is 0 Å². The molecule has 1 aliphatic rings. The summed E-state index contributed by atoms with van der Waals surface area (Å²) >= 11 is 0. The third-order valence-electron chi connectivity index (χ3n) is 3.15. The predicted molar refractivity (Wildman–Crippen MR) is 72.6 cm³/mol. The largest absolute Gasteiger partial charge is 0.467 e. The Hall–Kier alpha value is -2.71. The summed E-state index contributed by atoms with van der Waals surface area (Å²) in [5, 5.41) is 6.43. The number of rotatable bonds is 6. The van der Waals surface area contributed by atoms with Gasteiger partial charge >= 0.3 is 12.0 Å². The quantitative estimate of drug-likeness (QED) is 0.829. The lowest BCUT2D eigenvalue weighted by Crippen LogP contribution is -2.24. The molecule has 1 fully saturated rings. The number of aromatic nitrogens is 4. The average Bonchev–Trinajstić information content (AvgIpc) is 3.29. The molecule has 0 unspecified atom stereocenters. The first-order chi connectivity index (χ1) is 10.7. The van der Waals surface area contributed by atoms with Crippen LogP contribution in [0.3, 0.4) is 0 Å². The zero-order valence-electron chi connectivity index (χ0n) is 12.2.